The second kappa shape index (κ2) is 9.10. The Morgan fingerprint density at radius 2 is 1.69 bits per heavy atom. The van der Waals surface area contributed by atoms with E-state index in [1.54, 1.807) is 30.3 Å². The Balaban J connectivity index is 1.64. The molecule has 32 heavy (non-hydrogen) atoms. The Labute approximate surface area is 186 Å². The second-order valence-electron chi connectivity index (χ2n) is 7.52. The normalized spacial score (nSPS) is 16.2. The van der Waals surface area contributed by atoms with E-state index in [0.717, 1.165) is 11.1 Å². The molecule has 0 spiro atoms. The van der Waals surface area contributed by atoms with E-state index in [2.05, 4.69) is 5.32 Å². The first kappa shape index (κ1) is 22.0. The fourth-order valence-electron chi connectivity index (χ4n) is 3.80. The van der Waals surface area contributed by atoms with Gasteiger partial charge in [-0.3, -0.25) is 4.79 Å². The third-order valence-corrected chi connectivity index (χ3v) is 7.45. The SMILES string of the molecule is COc1ccc(S(=O)(=O)N2Cc3ccccc3C[C@H]2C(=O)NCc2ccccc2F)cc1. The van der Waals surface area contributed by atoms with Crippen LogP contribution in [0.3, 0.4) is 0 Å². The molecule has 0 saturated carbocycles. The quantitative estimate of drug-likeness (QED) is 0.620. The molecular weight excluding hydrogens is 431 g/mol. The van der Waals surface area contributed by atoms with Gasteiger partial charge in [-0.15, -0.1) is 0 Å². The number of rotatable bonds is 6. The molecule has 0 aromatic heterocycles. The molecule has 1 heterocycles. The number of nitrogens with one attached hydrogen (secondary N) is 1. The summed E-state index contributed by atoms with van der Waals surface area (Å²) in [7, 11) is -2.47. The van der Waals surface area contributed by atoms with Gasteiger partial charge < -0.3 is 10.1 Å². The van der Waals surface area contributed by atoms with Crippen LogP contribution in [0.15, 0.2) is 77.7 Å². The summed E-state index contributed by atoms with van der Waals surface area (Å²) in [4.78, 5) is 13.2. The van der Waals surface area contributed by atoms with Gasteiger partial charge in [-0.05, 0) is 47.9 Å². The van der Waals surface area contributed by atoms with E-state index < -0.39 is 27.8 Å². The third kappa shape index (κ3) is 4.37. The smallest absolute Gasteiger partial charge is 0.244 e. The molecule has 3 aromatic carbocycles. The first-order chi connectivity index (χ1) is 15.4. The molecule has 0 bridgehead atoms. The van der Waals surface area contributed by atoms with Gasteiger partial charge in [0.2, 0.25) is 15.9 Å². The van der Waals surface area contributed by atoms with E-state index in [4.69, 9.17) is 4.74 Å². The highest BCUT2D eigenvalue weighted by Crippen LogP contribution is 2.30. The van der Waals surface area contributed by atoms with Crippen molar-refractivity contribution in [2.75, 3.05) is 7.11 Å². The maximum Gasteiger partial charge on any atom is 0.244 e. The highest BCUT2D eigenvalue weighted by atomic mass is 32.2. The van der Waals surface area contributed by atoms with E-state index in [0.29, 0.717) is 11.3 Å². The predicted molar refractivity (Wildman–Crippen MR) is 118 cm³/mol. The monoisotopic (exact) mass is 454 g/mol. The zero-order valence-electron chi connectivity index (χ0n) is 17.5. The van der Waals surface area contributed by atoms with Crippen LogP contribution in [0.4, 0.5) is 4.39 Å². The predicted octanol–water partition coefficient (Wildman–Crippen LogP) is 3.27. The van der Waals surface area contributed by atoms with Gasteiger partial charge in [-0.1, -0.05) is 42.5 Å². The molecule has 0 unspecified atom stereocenters. The average Bonchev–Trinajstić information content (AvgIpc) is 2.82. The molecule has 8 heteroatoms. The number of methoxy groups -OCH3 is 1. The van der Waals surface area contributed by atoms with Crippen LogP contribution in [-0.2, 0) is 34.3 Å². The minimum Gasteiger partial charge on any atom is -0.497 e. The summed E-state index contributed by atoms with van der Waals surface area (Å²) in [5.41, 5.74) is 2.10. The minimum absolute atomic E-state index is 0.0277. The minimum atomic E-state index is -3.97. The van der Waals surface area contributed by atoms with Crippen LogP contribution in [0.5, 0.6) is 5.75 Å². The Morgan fingerprint density at radius 1 is 1.03 bits per heavy atom. The Hall–Kier alpha value is -3.23. The maximum atomic E-state index is 14.0. The van der Waals surface area contributed by atoms with Gasteiger partial charge in [-0.2, -0.15) is 4.31 Å². The molecule has 1 atom stereocenters. The highest BCUT2D eigenvalue weighted by Gasteiger charge is 2.39. The summed E-state index contributed by atoms with van der Waals surface area (Å²) in [6, 6.07) is 18.7. The van der Waals surface area contributed by atoms with Crippen LogP contribution in [-0.4, -0.2) is 31.8 Å². The van der Waals surface area contributed by atoms with Gasteiger partial charge in [0, 0.05) is 18.7 Å². The summed E-state index contributed by atoms with van der Waals surface area (Å²) in [6.45, 7) is 0.0440. The van der Waals surface area contributed by atoms with Crippen LogP contribution in [0.1, 0.15) is 16.7 Å². The molecule has 0 aliphatic carbocycles. The number of sulfonamides is 1. The topological polar surface area (TPSA) is 75.7 Å². The molecule has 1 aliphatic heterocycles. The zero-order chi connectivity index (χ0) is 22.7. The van der Waals surface area contributed by atoms with Crippen molar-refractivity contribution in [2.45, 2.75) is 30.4 Å². The van der Waals surface area contributed by atoms with Crippen molar-refractivity contribution in [3.63, 3.8) is 0 Å². The van der Waals surface area contributed by atoms with E-state index in [1.165, 1.54) is 29.6 Å². The van der Waals surface area contributed by atoms with Crippen LogP contribution < -0.4 is 10.1 Å². The molecule has 0 saturated heterocycles. The van der Waals surface area contributed by atoms with Crippen molar-refractivity contribution < 1.29 is 22.3 Å². The number of halogens is 1. The number of ether oxygens (including phenoxy) is 1. The van der Waals surface area contributed by atoms with Crippen molar-refractivity contribution in [1.29, 1.82) is 0 Å². The molecule has 1 amide bonds. The lowest BCUT2D eigenvalue weighted by molar-refractivity contribution is -0.125. The maximum absolute atomic E-state index is 14.0. The molecular formula is C24H23FN2O4S. The summed E-state index contributed by atoms with van der Waals surface area (Å²) >= 11 is 0. The third-order valence-electron chi connectivity index (χ3n) is 5.59. The van der Waals surface area contributed by atoms with Gasteiger partial charge in [0.1, 0.15) is 17.6 Å². The number of amides is 1. The van der Waals surface area contributed by atoms with Gasteiger partial charge >= 0.3 is 0 Å². The van der Waals surface area contributed by atoms with Crippen LogP contribution >= 0.6 is 0 Å². The van der Waals surface area contributed by atoms with Crippen molar-refractivity contribution in [1.82, 2.24) is 9.62 Å². The number of benzene rings is 3. The van der Waals surface area contributed by atoms with Gasteiger partial charge in [0.25, 0.3) is 0 Å². The molecule has 1 N–H and O–H groups in total. The molecule has 0 fully saturated rings. The highest BCUT2D eigenvalue weighted by molar-refractivity contribution is 7.89. The van der Waals surface area contributed by atoms with Gasteiger partial charge in [-0.25, -0.2) is 12.8 Å². The summed E-state index contributed by atoms with van der Waals surface area (Å²) in [5.74, 6) is -0.364. The number of carbonyl (C=O) groups excluding carboxylic acids is 1. The van der Waals surface area contributed by atoms with Crippen molar-refractivity contribution in [3.8, 4) is 5.75 Å². The standard InChI is InChI=1S/C24H23FN2O4S/c1-31-20-10-12-21(13-11-20)32(29,30)27-16-19-8-3-2-6-17(19)14-23(27)24(28)26-15-18-7-4-5-9-22(18)25/h2-13,23H,14-16H2,1H3,(H,26,28)/t23-/m0/s1. The van der Waals surface area contributed by atoms with Crippen LogP contribution in [0, 0.1) is 5.82 Å². The lowest BCUT2D eigenvalue weighted by atomic mass is 9.95. The molecule has 4 rings (SSSR count). The number of hydrogen-bond donors (Lipinski definition) is 1. The van der Waals surface area contributed by atoms with E-state index in [9.17, 15) is 17.6 Å². The van der Waals surface area contributed by atoms with E-state index in [-0.39, 0.29) is 24.4 Å². The Morgan fingerprint density at radius 3 is 2.38 bits per heavy atom. The largest absolute Gasteiger partial charge is 0.497 e. The van der Waals surface area contributed by atoms with E-state index in [1.807, 2.05) is 24.3 Å². The molecule has 3 aromatic rings. The zero-order valence-corrected chi connectivity index (χ0v) is 18.3. The number of hydrogen-bond acceptors (Lipinski definition) is 4. The van der Waals surface area contributed by atoms with E-state index >= 15 is 0 Å². The van der Waals surface area contributed by atoms with Gasteiger partial charge in [0.05, 0.1) is 12.0 Å². The van der Waals surface area contributed by atoms with Crippen molar-refractivity contribution >= 4 is 15.9 Å². The Bertz CT molecular complexity index is 1230. The summed E-state index contributed by atoms with van der Waals surface area (Å²) in [6.07, 6.45) is 0.231. The van der Waals surface area contributed by atoms with Crippen molar-refractivity contribution in [2.24, 2.45) is 0 Å². The van der Waals surface area contributed by atoms with Crippen LogP contribution in [0.25, 0.3) is 0 Å². The van der Waals surface area contributed by atoms with Crippen LogP contribution in [0.2, 0.25) is 0 Å². The molecule has 166 valence electrons. The first-order valence-corrected chi connectivity index (χ1v) is 11.6. The number of fused-ring (bicyclic) bond motifs is 1. The van der Waals surface area contributed by atoms with Crippen molar-refractivity contribution in [3.05, 3.63) is 95.3 Å². The first-order valence-electron chi connectivity index (χ1n) is 10.1. The fraction of sp³-hybridized carbons (Fsp3) is 0.208. The lowest BCUT2D eigenvalue weighted by Gasteiger charge is -2.35. The molecule has 1 aliphatic rings. The molecule has 6 nitrogen and oxygen atoms in total. The second-order valence-corrected chi connectivity index (χ2v) is 9.41. The fourth-order valence-corrected chi connectivity index (χ4v) is 5.37. The molecule has 0 radical (unpaired) electrons. The number of nitrogens with zero attached hydrogens (tertiary/aromatic N) is 1. The Kier molecular flexibility index (Phi) is 6.25. The average molecular weight is 455 g/mol. The lowest BCUT2D eigenvalue weighted by Crippen LogP contribution is -2.52. The summed E-state index contributed by atoms with van der Waals surface area (Å²) < 4.78 is 47.3. The number of carbonyl (C=O) groups is 1. The summed E-state index contributed by atoms with van der Waals surface area (Å²) in [5, 5.41) is 2.71. The van der Waals surface area contributed by atoms with Gasteiger partial charge in [0.15, 0.2) is 0 Å².